The Kier molecular flexibility index (Phi) is 16.9. The van der Waals surface area contributed by atoms with E-state index < -0.39 is 58.6 Å². The number of rotatable bonds is 22. The molecule has 2 aliphatic heterocycles. The molecule has 2 aromatic carbocycles. The van der Waals surface area contributed by atoms with Crippen LogP contribution in [0.3, 0.4) is 0 Å². The molecule has 3 heterocycles. The van der Waals surface area contributed by atoms with Gasteiger partial charge in [-0.3, -0.25) is 48.6 Å². The van der Waals surface area contributed by atoms with E-state index in [1.165, 1.54) is 41.7 Å². The van der Waals surface area contributed by atoms with Crippen molar-refractivity contribution in [1.82, 2.24) is 41.4 Å². The van der Waals surface area contributed by atoms with Crippen LogP contribution in [-0.2, 0) is 46.4 Å². The summed E-state index contributed by atoms with van der Waals surface area (Å²) in [5, 5.41) is 26.6. The van der Waals surface area contributed by atoms with Crippen molar-refractivity contribution in [3.63, 3.8) is 0 Å². The number of nitrogens with one attached hydrogen (secondary N) is 6. The largest absolute Gasteiger partial charge is 0.368 e. The maximum atomic E-state index is 14.5. The van der Waals surface area contributed by atoms with Crippen molar-refractivity contribution in [2.45, 2.75) is 115 Å². The van der Waals surface area contributed by atoms with Crippen LogP contribution in [0.2, 0.25) is 0 Å². The van der Waals surface area contributed by atoms with Crippen LogP contribution >= 0.6 is 0 Å². The lowest BCUT2D eigenvalue weighted by molar-refractivity contribution is -0.384. The highest BCUT2D eigenvalue weighted by atomic mass is 16.6. The van der Waals surface area contributed by atoms with E-state index in [0.717, 1.165) is 41.3 Å². The van der Waals surface area contributed by atoms with E-state index in [9.17, 15) is 43.7 Å². The third-order valence-electron chi connectivity index (χ3n) is 13.0. The number of nitrogens with zero attached hydrogens (tertiary/aromatic N) is 3. The molecule has 3 aliphatic rings. The molecule has 6 atom stereocenters. The number of aromatic nitrogens is 1. The van der Waals surface area contributed by atoms with Crippen LogP contribution in [0.15, 0.2) is 54.7 Å². The molecular weight excluding hydrogens is 861 g/mol. The number of carbonyl (C=O) groups excluding carboxylic acids is 7. The van der Waals surface area contributed by atoms with E-state index in [-0.39, 0.29) is 54.6 Å². The highest BCUT2D eigenvalue weighted by Crippen LogP contribution is 2.41. The summed E-state index contributed by atoms with van der Waals surface area (Å²) in [5.74, 6) is -3.93. The molecule has 19 heteroatoms. The lowest BCUT2D eigenvalue weighted by Gasteiger charge is -2.39. The quantitative estimate of drug-likeness (QED) is 0.0439. The average Bonchev–Trinajstić information content (AvgIpc) is 3.96. The Balaban J connectivity index is 1.04. The number of primary amides is 1. The van der Waals surface area contributed by atoms with Crippen LogP contribution in [0, 0.1) is 22.0 Å². The minimum atomic E-state index is -1.15. The standard InChI is InChI=1S/C48H64N10O9/c1-28(2)43(55-45(62)32-24-35-34-11-9-12-36-42(34)31(26-52-36)25-40(35)56(4)27-32)47(64)54-38(23-30-14-16-33(17-15-30)58(66)67)48(65)57-22-10-13-39(57)46(63)51-21-8-6-5-7-20-50-41(60)19-18-37(44(49)61)53-29(3)59/h9,11-12,14-17,24,26,28,32,37-40,43,52H,5-8,10,13,18-23,25,27H2,1-4H3,(H2,49,61)(H,50,60)(H,51,63)(H,53,59)(H,54,64)(H,55,62)/t32-,37+,38+,39+,40-,43+/m1/s1. The minimum Gasteiger partial charge on any atom is -0.368 e. The molecule has 1 aliphatic carbocycles. The summed E-state index contributed by atoms with van der Waals surface area (Å²) in [6.07, 6.45) is 8.92. The third kappa shape index (κ3) is 12.6. The zero-order valence-electron chi connectivity index (χ0n) is 38.7. The van der Waals surface area contributed by atoms with Crippen LogP contribution in [0.4, 0.5) is 5.69 Å². The molecule has 7 amide bonds. The van der Waals surface area contributed by atoms with Crippen molar-refractivity contribution in [2.75, 3.05) is 33.2 Å². The number of nitrogens with two attached hydrogens (primary N) is 1. The molecule has 0 radical (unpaired) electrons. The highest BCUT2D eigenvalue weighted by Gasteiger charge is 2.40. The monoisotopic (exact) mass is 924 g/mol. The molecule has 0 saturated carbocycles. The van der Waals surface area contributed by atoms with E-state index >= 15 is 0 Å². The Morgan fingerprint density at radius 2 is 1.63 bits per heavy atom. The number of carbonyl (C=O) groups is 7. The average molecular weight is 925 g/mol. The van der Waals surface area contributed by atoms with Gasteiger partial charge in [-0.1, -0.05) is 57.0 Å². The van der Waals surface area contributed by atoms with E-state index in [0.29, 0.717) is 57.4 Å². The number of likely N-dealkylation sites (tertiary alicyclic amines) is 1. The Morgan fingerprint density at radius 1 is 0.910 bits per heavy atom. The molecule has 0 bridgehead atoms. The number of hydrogen-bond acceptors (Lipinski definition) is 10. The van der Waals surface area contributed by atoms with Gasteiger partial charge in [0, 0.05) is 81.2 Å². The van der Waals surface area contributed by atoms with Crippen molar-refractivity contribution in [3.8, 4) is 0 Å². The number of nitro benzene ring substituents is 1. The Morgan fingerprint density at radius 3 is 2.30 bits per heavy atom. The Labute approximate surface area is 389 Å². The molecule has 3 aromatic rings. The van der Waals surface area contributed by atoms with Crippen LogP contribution in [0.1, 0.15) is 88.8 Å². The number of amides is 7. The Hall–Kier alpha value is -6.63. The normalized spacial score (nSPS) is 19.1. The first kappa shape index (κ1) is 49.8. The van der Waals surface area contributed by atoms with E-state index in [2.05, 4.69) is 48.7 Å². The molecule has 0 unspecified atom stereocenters. The second-order valence-corrected chi connectivity index (χ2v) is 18.3. The molecule has 67 heavy (non-hydrogen) atoms. The van der Waals surface area contributed by atoms with E-state index in [1.54, 1.807) is 0 Å². The fourth-order valence-electron chi connectivity index (χ4n) is 9.42. The summed E-state index contributed by atoms with van der Waals surface area (Å²) < 4.78 is 0. The molecule has 19 nitrogen and oxygen atoms in total. The summed E-state index contributed by atoms with van der Waals surface area (Å²) >= 11 is 0. The number of H-pyrrole nitrogens is 1. The number of hydrogen-bond donors (Lipinski definition) is 7. The maximum absolute atomic E-state index is 14.5. The topological polar surface area (TPSA) is 271 Å². The third-order valence-corrected chi connectivity index (χ3v) is 13.0. The van der Waals surface area contributed by atoms with Crippen molar-refractivity contribution in [1.29, 1.82) is 0 Å². The zero-order chi connectivity index (χ0) is 48.4. The zero-order valence-corrected chi connectivity index (χ0v) is 38.7. The van der Waals surface area contributed by atoms with E-state index in [1.807, 2.05) is 39.1 Å². The number of nitro groups is 1. The van der Waals surface area contributed by atoms with Crippen molar-refractivity contribution >= 4 is 63.5 Å². The van der Waals surface area contributed by atoms with Gasteiger partial charge in [-0.05, 0) is 79.8 Å². The lowest BCUT2D eigenvalue weighted by Crippen LogP contribution is -2.59. The minimum absolute atomic E-state index is 0.00875. The van der Waals surface area contributed by atoms with Crippen LogP contribution in [0.5, 0.6) is 0 Å². The molecule has 6 rings (SSSR count). The number of fused-ring (bicyclic) bond motifs is 2. The summed E-state index contributed by atoms with van der Waals surface area (Å²) in [5.41, 5.74) is 10.2. The number of benzene rings is 2. The molecule has 0 spiro atoms. The smallest absolute Gasteiger partial charge is 0.269 e. The van der Waals surface area contributed by atoms with Gasteiger partial charge in [-0.25, -0.2) is 0 Å². The summed E-state index contributed by atoms with van der Waals surface area (Å²) in [4.78, 5) is 109. The molecule has 1 saturated heterocycles. The maximum Gasteiger partial charge on any atom is 0.269 e. The number of non-ortho nitro benzene ring substituents is 1. The molecular formula is C48H64N10O9. The van der Waals surface area contributed by atoms with Gasteiger partial charge in [0.15, 0.2) is 0 Å². The van der Waals surface area contributed by atoms with Crippen LogP contribution in [0.25, 0.3) is 16.5 Å². The second kappa shape index (κ2) is 22.7. The van der Waals surface area contributed by atoms with Crippen molar-refractivity contribution in [2.24, 2.45) is 17.6 Å². The molecule has 360 valence electrons. The molecule has 8 N–H and O–H groups in total. The first-order chi connectivity index (χ1) is 32.0. The fourth-order valence-corrected chi connectivity index (χ4v) is 9.42. The summed E-state index contributed by atoms with van der Waals surface area (Å²) in [6, 6.07) is 8.13. The lowest BCUT2D eigenvalue weighted by atomic mass is 9.79. The van der Waals surface area contributed by atoms with Crippen LogP contribution < -0.4 is 32.3 Å². The Bertz CT molecular complexity index is 2360. The predicted octanol–water partition coefficient (Wildman–Crippen LogP) is 2.37. The SMILES string of the molecule is CC(=O)N[C@@H](CCC(=O)NCCCCCCNC(=O)[C@@H]1CCCN1C(=O)[C@H](Cc1ccc([N+](=O)[O-])cc1)NC(=O)[C@@H](NC(=O)[C@@H]1C=C2c3cccc4[nH]cc(c34)C[C@H]2N(C)C1)C(C)C)C(N)=O. The van der Waals surface area contributed by atoms with Gasteiger partial charge in [-0.15, -0.1) is 0 Å². The van der Waals surface area contributed by atoms with E-state index in [4.69, 9.17) is 5.73 Å². The number of likely N-dealkylation sites (N-methyl/N-ethyl adjacent to an activating group) is 1. The second-order valence-electron chi connectivity index (χ2n) is 18.3. The van der Waals surface area contributed by atoms with Crippen molar-refractivity contribution < 1.29 is 38.5 Å². The highest BCUT2D eigenvalue weighted by molar-refractivity contribution is 6.00. The van der Waals surface area contributed by atoms with Gasteiger partial charge in [0.05, 0.1) is 10.8 Å². The molecule has 1 fully saturated rings. The van der Waals surface area contributed by atoms with Crippen molar-refractivity contribution in [3.05, 3.63) is 81.5 Å². The fraction of sp³-hybridized carbons (Fsp3) is 0.521. The van der Waals surface area contributed by atoms with Gasteiger partial charge in [-0.2, -0.15) is 0 Å². The summed E-state index contributed by atoms with van der Waals surface area (Å²) in [6.45, 7) is 6.44. The van der Waals surface area contributed by atoms with Gasteiger partial charge >= 0.3 is 0 Å². The number of aromatic amines is 1. The first-order valence-corrected chi connectivity index (χ1v) is 23.3. The van der Waals surface area contributed by atoms with Crippen LogP contribution in [-0.4, -0.2) is 124 Å². The number of unbranched alkanes of at least 4 members (excludes halogenated alkanes) is 3. The summed E-state index contributed by atoms with van der Waals surface area (Å²) in [7, 11) is 2.00. The van der Waals surface area contributed by atoms with Gasteiger partial charge in [0.1, 0.15) is 24.2 Å². The molecule has 1 aromatic heterocycles. The van der Waals surface area contributed by atoms with Gasteiger partial charge in [0.2, 0.25) is 41.4 Å². The van der Waals surface area contributed by atoms with Gasteiger partial charge < -0.3 is 42.2 Å². The predicted molar refractivity (Wildman–Crippen MR) is 251 cm³/mol. The van der Waals surface area contributed by atoms with Gasteiger partial charge in [0.25, 0.3) is 5.69 Å². The first-order valence-electron chi connectivity index (χ1n) is 23.3.